The number of carboxylic acids is 1. The van der Waals surface area contributed by atoms with Crippen molar-refractivity contribution in [1.82, 2.24) is 15.6 Å². The minimum Gasteiger partial charge on any atom is -0.480 e. The molecular formula is C21H30N6O5. The Morgan fingerprint density at radius 3 is 2.38 bits per heavy atom. The summed E-state index contributed by atoms with van der Waals surface area (Å²) in [5.41, 5.74) is 17.8. The van der Waals surface area contributed by atoms with Gasteiger partial charge in [0, 0.05) is 23.5 Å². The summed E-state index contributed by atoms with van der Waals surface area (Å²) < 4.78 is 0. The molecule has 0 aliphatic rings. The number of amides is 3. The second-order valence-electron chi connectivity index (χ2n) is 7.59. The van der Waals surface area contributed by atoms with Crippen LogP contribution >= 0.6 is 0 Å². The van der Waals surface area contributed by atoms with E-state index < -0.39 is 41.8 Å². The van der Waals surface area contributed by atoms with Crippen LogP contribution in [0, 0.1) is 0 Å². The molecule has 1 aromatic heterocycles. The summed E-state index contributed by atoms with van der Waals surface area (Å²) in [7, 11) is 0. The monoisotopic (exact) mass is 446 g/mol. The van der Waals surface area contributed by atoms with Gasteiger partial charge in [0.1, 0.15) is 12.1 Å². The number of nitrogens with two attached hydrogens (primary N) is 3. The SMILES string of the molecule is NCCCC[C@H](NC(=O)[C@@H](N)CC(N)=O)C(=O)N[C@@H](Cc1c[nH]c2ccccc12)C(=O)O. The van der Waals surface area contributed by atoms with Gasteiger partial charge in [-0.25, -0.2) is 4.79 Å². The number of aliphatic carboxylic acids is 1. The lowest BCUT2D eigenvalue weighted by Gasteiger charge is -2.22. The molecule has 2 rings (SSSR count). The molecule has 2 aromatic rings. The number of unbranched alkanes of at least 4 members (excludes halogenated alkanes) is 1. The molecule has 0 bridgehead atoms. The first-order valence-electron chi connectivity index (χ1n) is 10.4. The lowest BCUT2D eigenvalue weighted by Crippen LogP contribution is -2.55. The largest absolute Gasteiger partial charge is 0.480 e. The van der Waals surface area contributed by atoms with Crippen LogP contribution in [0.25, 0.3) is 10.9 Å². The molecule has 10 N–H and O–H groups in total. The number of carbonyl (C=O) groups excluding carboxylic acids is 3. The maximum Gasteiger partial charge on any atom is 0.326 e. The van der Waals surface area contributed by atoms with Gasteiger partial charge < -0.3 is 37.9 Å². The Hall–Kier alpha value is -3.44. The maximum absolute atomic E-state index is 12.9. The van der Waals surface area contributed by atoms with Crippen molar-refractivity contribution < 1.29 is 24.3 Å². The van der Waals surface area contributed by atoms with E-state index in [1.54, 1.807) is 6.20 Å². The fraction of sp³-hybridized carbons (Fsp3) is 0.429. The molecular weight excluding hydrogens is 416 g/mol. The number of rotatable bonds is 13. The first-order valence-corrected chi connectivity index (χ1v) is 10.4. The predicted molar refractivity (Wildman–Crippen MR) is 118 cm³/mol. The zero-order valence-corrected chi connectivity index (χ0v) is 17.7. The van der Waals surface area contributed by atoms with Crippen molar-refractivity contribution in [2.24, 2.45) is 17.2 Å². The minimum absolute atomic E-state index is 0.0513. The van der Waals surface area contributed by atoms with Gasteiger partial charge in [0.25, 0.3) is 0 Å². The highest BCUT2D eigenvalue weighted by Gasteiger charge is 2.28. The van der Waals surface area contributed by atoms with Crippen molar-refractivity contribution >= 4 is 34.6 Å². The number of carbonyl (C=O) groups is 4. The van der Waals surface area contributed by atoms with Crippen LogP contribution in [0.5, 0.6) is 0 Å². The third-order valence-corrected chi connectivity index (χ3v) is 5.05. The number of aromatic nitrogens is 1. The van der Waals surface area contributed by atoms with Crippen LogP contribution in [0.4, 0.5) is 0 Å². The number of primary amides is 1. The second-order valence-corrected chi connectivity index (χ2v) is 7.59. The van der Waals surface area contributed by atoms with Gasteiger partial charge in [0.15, 0.2) is 0 Å². The Morgan fingerprint density at radius 2 is 1.72 bits per heavy atom. The van der Waals surface area contributed by atoms with E-state index >= 15 is 0 Å². The zero-order chi connectivity index (χ0) is 23.7. The molecule has 11 heteroatoms. The van der Waals surface area contributed by atoms with E-state index in [4.69, 9.17) is 17.2 Å². The van der Waals surface area contributed by atoms with Crippen molar-refractivity contribution in [3.63, 3.8) is 0 Å². The first-order chi connectivity index (χ1) is 15.2. The smallest absolute Gasteiger partial charge is 0.326 e. The van der Waals surface area contributed by atoms with Crippen LogP contribution < -0.4 is 27.8 Å². The highest BCUT2D eigenvalue weighted by Crippen LogP contribution is 2.19. The number of nitrogens with one attached hydrogen (secondary N) is 3. The van der Waals surface area contributed by atoms with Gasteiger partial charge in [-0.3, -0.25) is 14.4 Å². The number of hydrogen-bond donors (Lipinski definition) is 7. The molecule has 32 heavy (non-hydrogen) atoms. The second kappa shape index (κ2) is 11.8. The van der Waals surface area contributed by atoms with Crippen molar-refractivity contribution in [2.75, 3.05) is 6.54 Å². The lowest BCUT2D eigenvalue weighted by molar-refractivity contribution is -0.142. The van der Waals surface area contributed by atoms with Crippen molar-refractivity contribution in [2.45, 2.75) is 50.2 Å². The molecule has 0 radical (unpaired) electrons. The van der Waals surface area contributed by atoms with Crippen molar-refractivity contribution in [3.05, 3.63) is 36.0 Å². The van der Waals surface area contributed by atoms with Gasteiger partial charge in [-0.1, -0.05) is 18.2 Å². The van der Waals surface area contributed by atoms with Gasteiger partial charge in [0.05, 0.1) is 12.5 Å². The summed E-state index contributed by atoms with van der Waals surface area (Å²) in [6.45, 7) is 0.405. The van der Waals surface area contributed by atoms with E-state index in [9.17, 15) is 24.3 Å². The molecule has 0 saturated heterocycles. The van der Waals surface area contributed by atoms with Crippen LogP contribution in [0.3, 0.4) is 0 Å². The van der Waals surface area contributed by atoms with E-state index in [2.05, 4.69) is 15.6 Å². The van der Waals surface area contributed by atoms with Crippen LogP contribution in [-0.4, -0.2) is 58.5 Å². The molecule has 0 fully saturated rings. The molecule has 1 aromatic carbocycles. The Kier molecular flexibility index (Phi) is 9.17. The van der Waals surface area contributed by atoms with E-state index in [1.807, 2.05) is 24.3 Å². The number of H-pyrrole nitrogens is 1. The number of fused-ring (bicyclic) bond motifs is 1. The summed E-state index contributed by atoms with van der Waals surface area (Å²) in [6.07, 6.45) is 2.76. The molecule has 174 valence electrons. The summed E-state index contributed by atoms with van der Waals surface area (Å²) >= 11 is 0. The number of aromatic amines is 1. The number of benzene rings is 1. The Labute approximate surface area is 185 Å². The van der Waals surface area contributed by atoms with Crippen LogP contribution in [0.15, 0.2) is 30.5 Å². The normalized spacial score (nSPS) is 13.8. The van der Waals surface area contributed by atoms with Gasteiger partial charge in [-0.15, -0.1) is 0 Å². The zero-order valence-electron chi connectivity index (χ0n) is 17.7. The molecule has 3 atom stereocenters. The van der Waals surface area contributed by atoms with Gasteiger partial charge >= 0.3 is 5.97 Å². The highest BCUT2D eigenvalue weighted by atomic mass is 16.4. The predicted octanol–water partition coefficient (Wildman–Crippen LogP) is -0.904. The van der Waals surface area contributed by atoms with Crippen molar-refractivity contribution in [3.8, 4) is 0 Å². The van der Waals surface area contributed by atoms with Crippen molar-refractivity contribution in [1.29, 1.82) is 0 Å². The standard InChI is InChI=1S/C21H30N6O5/c22-8-4-3-7-16(26-19(29)14(23)10-18(24)28)20(30)27-17(21(31)32)9-12-11-25-15-6-2-1-5-13(12)15/h1-2,5-6,11,14,16-17,25H,3-4,7-10,22-23H2,(H2,24,28)(H,26,29)(H,27,30)(H,31,32)/t14-,16-,17-/m0/s1. The third-order valence-electron chi connectivity index (χ3n) is 5.05. The molecule has 0 spiro atoms. The third kappa shape index (κ3) is 7.06. The van der Waals surface area contributed by atoms with Gasteiger partial charge in [0.2, 0.25) is 17.7 Å². The van der Waals surface area contributed by atoms with Crippen LogP contribution in [0.1, 0.15) is 31.2 Å². The average Bonchev–Trinajstić information content (AvgIpc) is 3.14. The summed E-state index contributed by atoms with van der Waals surface area (Å²) in [5.74, 6) is -3.34. The highest BCUT2D eigenvalue weighted by molar-refractivity contribution is 5.93. The summed E-state index contributed by atoms with van der Waals surface area (Å²) in [4.78, 5) is 51.1. The lowest BCUT2D eigenvalue weighted by atomic mass is 10.0. The molecule has 3 amide bonds. The van der Waals surface area contributed by atoms with E-state index in [1.165, 1.54) is 0 Å². The molecule has 0 aliphatic heterocycles. The Bertz CT molecular complexity index is 959. The topological polar surface area (TPSA) is 206 Å². The van der Waals surface area contributed by atoms with Crippen LogP contribution in [0.2, 0.25) is 0 Å². The quantitative estimate of drug-likeness (QED) is 0.193. The molecule has 0 saturated carbocycles. The molecule has 0 unspecified atom stereocenters. The van der Waals surface area contributed by atoms with E-state index in [0.717, 1.165) is 16.5 Å². The summed E-state index contributed by atoms with van der Waals surface area (Å²) in [6, 6.07) is 3.97. The minimum atomic E-state index is -1.21. The average molecular weight is 447 g/mol. The number of para-hydroxylation sites is 1. The maximum atomic E-state index is 12.9. The van der Waals surface area contributed by atoms with Crippen LogP contribution in [-0.2, 0) is 25.6 Å². The van der Waals surface area contributed by atoms with Gasteiger partial charge in [-0.05, 0) is 37.4 Å². The van der Waals surface area contributed by atoms with E-state index in [0.29, 0.717) is 19.4 Å². The molecule has 11 nitrogen and oxygen atoms in total. The fourth-order valence-corrected chi connectivity index (χ4v) is 3.34. The Morgan fingerprint density at radius 1 is 1.03 bits per heavy atom. The number of hydrogen-bond acceptors (Lipinski definition) is 6. The van der Waals surface area contributed by atoms with Gasteiger partial charge in [-0.2, -0.15) is 0 Å². The first kappa shape index (κ1) is 24.8. The van der Waals surface area contributed by atoms with E-state index in [-0.39, 0.29) is 19.3 Å². The molecule has 1 heterocycles. The summed E-state index contributed by atoms with van der Waals surface area (Å²) in [5, 5.41) is 15.5. The number of carboxylic acid groups (broad SMARTS) is 1. The molecule has 0 aliphatic carbocycles. The Balaban J connectivity index is 2.11. The fourth-order valence-electron chi connectivity index (χ4n) is 3.34.